The number of carbonyl (C=O) groups is 4. The van der Waals surface area contributed by atoms with Crippen LogP contribution < -0.4 is 16.8 Å². The van der Waals surface area contributed by atoms with Gasteiger partial charge in [-0.2, -0.15) is 0 Å². The van der Waals surface area contributed by atoms with Gasteiger partial charge in [-0.1, -0.05) is 6.07 Å². The Morgan fingerprint density at radius 3 is 2.41 bits per heavy atom. The van der Waals surface area contributed by atoms with Gasteiger partial charge in [0, 0.05) is 40.0 Å². The molecule has 0 aromatic carbocycles. The van der Waals surface area contributed by atoms with Gasteiger partial charge in [0.2, 0.25) is 23.6 Å². The smallest absolute Gasteiger partial charge is 0.245 e. The first-order valence-electron chi connectivity index (χ1n) is 8.30. The van der Waals surface area contributed by atoms with Gasteiger partial charge >= 0.3 is 0 Å². The summed E-state index contributed by atoms with van der Waals surface area (Å²) in [6.07, 6.45) is 2.97. The highest BCUT2D eigenvalue weighted by Crippen LogP contribution is 2.05. The molecule has 0 unspecified atom stereocenters. The first-order chi connectivity index (χ1) is 12.6. The van der Waals surface area contributed by atoms with E-state index in [1.54, 1.807) is 38.6 Å². The van der Waals surface area contributed by atoms with Crippen LogP contribution >= 0.6 is 0 Å². The fraction of sp³-hybridized carbons (Fsp3) is 0.471. The van der Waals surface area contributed by atoms with Crippen LogP contribution in [0.2, 0.25) is 0 Å². The van der Waals surface area contributed by atoms with Gasteiger partial charge in [-0.3, -0.25) is 24.2 Å². The van der Waals surface area contributed by atoms with E-state index in [4.69, 9.17) is 11.5 Å². The Morgan fingerprint density at radius 2 is 1.89 bits per heavy atom. The molecular formula is C17H26N6O4. The number of nitrogens with two attached hydrogens (primary N) is 2. The molecule has 10 nitrogen and oxygen atoms in total. The molecule has 0 saturated carbocycles. The van der Waals surface area contributed by atoms with E-state index in [0.29, 0.717) is 5.56 Å². The van der Waals surface area contributed by atoms with Crippen LogP contribution in [0, 0.1) is 0 Å². The predicted octanol–water partition coefficient (Wildman–Crippen LogP) is -2.14. The number of likely N-dealkylation sites (N-methyl/N-ethyl adjacent to an activating group) is 2. The van der Waals surface area contributed by atoms with Gasteiger partial charge in [-0.15, -0.1) is 0 Å². The molecule has 1 aromatic rings. The molecule has 1 aromatic heterocycles. The van der Waals surface area contributed by atoms with E-state index in [9.17, 15) is 19.2 Å². The van der Waals surface area contributed by atoms with Crippen LogP contribution in [-0.2, 0) is 25.6 Å². The molecular weight excluding hydrogens is 352 g/mol. The largest absolute Gasteiger partial charge is 0.370 e. The molecule has 0 aliphatic rings. The first-order valence-corrected chi connectivity index (χ1v) is 8.30. The molecule has 0 bridgehead atoms. The lowest BCUT2D eigenvalue weighted by atomic mass is 10.1. The minimum atomic E-state index is -1.17. The summed E-state index contributed by atoms with van der Waals surface area (Å²) in [4.78, 5) is 54.4. The molecule has 0 saturated heterocycles. The molecule has 0 aliphatic carbocycles. The number of aromatic nitrogens is 1. The minimum Gasteiger partial charge on any atom is -0.370 e. The van der Waals surface area contributed by atoms with E-state index in [-0.39, 0.29) is 25.3 Å². The van der Waals surface area contributed by atoms with Crippen molar-refractivity contribution >= 4 is 23.6 Å². The predicted molar refractivity (Wildman–Crippen MR) is 98.0 cm³/mol. The molecule has 27 heavy (non-hydrogen) atoms. The summed E-state index contributed by atoms with van der Waals surface area (Å²) in [6, 6.07) is 1.32. The lowest BCUT2D eigenvalue weighted by Crippen LogP contribution is -2.54. The summed E-state index contributed by atoms with van der Waals surface area (Å²) in [5.74, 6) is -2.12. The van der Waals surface area contributed by atoms with Crippen molar-refractivity contribution in [3.8, 4) is 0 Å². The molecule has 148 valence electrons. The van der Waals surface area contributed by atoms with Crippen molar-refractivity contribution in [2.75, 3.05) is 27.7 Å². The van der Waals surface area contributed by atoms with Gasteiger partial charge in [0.15, 0.2) is 0 Å². The number of rotatable bonds is 9. The van der Waals surface area contributed by atoms with Crippen molar-refractivity contribution in [3.63, 3.8) is 0 Å². The maximum Gasteiger partial charge on any atom is 0.245 e. The van der Waals surface area contributed by atoms with E-state index >= 15 is 0 Å². The van der Waals surface area contributed by atoms with Crippen molar-refractivity contribution in [3.05, 3.63) is 30.1 Å². The third kappa shape index (κ3) is 7.40. The second-order valence-corrected chi connectivity index (χ2v) is 6.39. The maximum absolute atomic E-state index is 12.8. The molecule has 0 fully saturated rings. The fourth-order valence-corrected chi connectivity index (χ4v) is 2.23. The monoisotopic (exact) mass is 378 g/mol. The standard InChI is InChI=1S/C17H26N6O4/c1-22(2)15(25)10-23(3)17(27)13(7-11-5-4-6-20-9-11)21-16(26)12(18)8-14(19)24/h4-6,9,12-13H,7-8,10,18H2,1-3H3,(H2,19,24)(H,21,26)/t12-,13-/m0/s1. The third-order valence-corrected chi connectivity index (χ3v) is 3.78. The van der Waals surface area contributed by atoms with Gasteiger partial charge < -0.3 is 26.6 Å². The second-order valence-electron chi connectivity index (χ2n) is 6.39. The molecule has 10 heteroatoms. The number of hydrogen-bond acceptors (Lipinski definition) is 6. The van der Waals surface area contributed by atoms with Crippen LogP contribution in [0.25, 0.3) is 0 Å². The Hall–Kier alpha value is -3.01. The molecule has 0 aliphatic heterocycles. The fourth-order valence-electron chi connectivity index (χ4n) is 2.23. The Balaban J connectivity index is 2.92. The molecule has 1 rings (SSSR count). The first kappa shape index (κ1) is 22.0. The number of nitrogens with zero attached hydrogens (tertiary/aromatic N) is 3. The number of primary amides is 1. The van der Waals surface area contributed by atoms with Gasteiger partial charge in [0.1, 0.15) is 6.04 Å². The van der Waals surface area contributed by atoms with Crippen LogP contribution in [0.15, 0.2) is 24.5 Å². The summed E-state index contributed by atoms with van der Waals surface area (Å²) >= 11 is 0. The minimum absolute atomic E-state index is 0.140. The van der Waals surface area contributed by atoms with Crippen LogP contribution in [0.4, 0.5) is 0 Å². The van der Waals surface area contributed by atoms with E-state index < -0.39 is 29.8 Å². The maximum atomic E-state index is 12.8. The summed E-state index contributed by atoms with van der Waals surface area (Å²) < 4.78 is 0. The number of pyridine rings is 1. The average molecular weight is 378 g/mol. The molecule has 5 N–H and O–H groups in total. The highest BCUT2D eigenvalue weighted by Gasteiger charge is 2.28. The Bertz CT molecular complexity index is 679. The molecule has 0 spiro atoms. The van der Waals surface area contributed by atoms with Gasteiger partial charge in [0.25, 0.3) is 0 Å². The highest BCUT2D eigenvalue weighted by atomic mass is 16.2. The summed E-state index contributed by atoms with van der Waals surface area (Å²) in [5, 5.41) is 2.54. The summed E-state index contributed by atoms with van der Waals surface area (Å²) in [6.45, 7) is -0.140. The van der Waals surface area contributed by atoms with Crippen LogP contribution in [0.5, 0.6) is 0 Å². The van der Waals surface area contributed by atoms with Crippen molar-refractivity contribution in [2.45, 2.75) is 24.9 Å². The summed E-state index contributed by atoms with van der Waals surface area (Å²) in [7, 11) is 4.63. The van der Waals surface area contributed by atoms with Crippen LogP contribution in [0.1, 0.15) is 12.0 Å². The van der Waals surface area contributed by atoms with E-state index in [1.807, 2.05) is 0 Å². The Morgan fingerprint density at radius 1 is 1.22 bits per heavy atom. The number of hydrogen-bond donors (Lipinski definition) is 3. The van der Waals surface area contributed by atoms with Crippen molar-refractivity contribution in [2.24, 2.45) is 11.5 Å². The lowest BCUT2D eigenvalue weighted by Gasteiger charge is -2.26. The zero-order chi connectivity index (χ0) is 20.6. The van der Waals surface area contributed by atoms with Crippen LogP contribution in [-0.4, -0.2) is 78.2 Å². The number of nitrogens with one attached hydrogen (secondary N) is 1. The van der Waals surface area contributed by atoms with Crippen molar-refractivity contribution < 1.29 is 19.2 Å². The summed E-state index contributed by atoms with van der Waals surface area (Å²) in [5.41, 5.74) is 11.4. The molecule has 2 atom stereocenters. The van der Waals surface area contributed by atoms with Crippen molar-refractivity contribution in [1.29, 1.82) is 0 Å². The normalized spacial score (nSPS) is 12.6. The zero-order valence-electron chi connectivity index (χ0n) is 15.7. The lowest BCUT2D eigenvalue weighted by molar-refractivity contribution is -0.140. The molecule has 0 radical (unpaired) electrons. The molecule has 1 heterocycles. The zero-order valence-corrected chi connectivity index (χ0v) is 15.7. The molecule has 4 amide bonds. The van der Waals surface area contributed by atoms with Crippen LogP contribution in [0.3, 0.4) is 0 Å². The Labute approximate surface area is 157 Å². The second kappa shape index (κ2) is 10.2. The number of amides is 4. The number of carbonyl (C=O) groups excluding carboxylic acids is 4. The van der Waals surface area contributed by atoms with E-state index in [2.05, 4.69) is 10.3 Å². The average Bonchev–Trinajstić information content (AvgIpc) is 2.60. The SMILES string of the molecule is CN(C)C(=O)CN(C)C(=O)[C@H](Cc1cccnc1)NC(=O)[C@@H](N)CC(N)=O. The van der Waals surface area contributed by atoms with E-state index in [0.717, 1.165) is 0 Å². The topological polar surface area (TPSA) is 152 Å². The highest BCUT2D eigenvalue weighted by molar-refractivity contribution is 5.93. The van der Waals surface area contributed by atoms with Gasteiger partial charge in [0.05, 0.1) is 19.0 Å². The third-order valence-electron chi connectivity index (χ3n) is 3.78. The van der Waals surface area contributed by atoms with Crippen molar-refractivity contribution in [1.82, 2.24) is 20.1 Å². The quantitative estimate of drug-likeness (QED) is 0.446. The van der Waals surface area contributed by atoms with E-state index in [1.165, 1.54) is 16.8 Å². The Kier molecular flexibility index (Phi) is 8.34. The van der Waals surface area contributed by atoms with Gasteiger partial charge in [-0.25, -0.2) is 0 Å². The van der Waals surface area contributed by atoms with Gasteiger partial charge in [-0.05, 0) is 11.6 Å².